The van der Waals surface area contributed by atoms with Crippen molar-refractivity contribution >= 4 is 11.1 Å². The lowest BCUT2D eigenvalue weighted by atomic mass is 9.88. The Kier molecular flexibility index (Phi) is 4.48. The first-order chi connectivity index (χ1) is 11.6. The fraction of sp³-hybridized carbons (Fsp3) is 0.0833. The first-order valence-corrected chi connectivity index (χ1v) is 8.18. The predicted octanol–water partition coefficient (Wildman–Crippen LogP) is 6.43. The van der Waals surface area contributed by atoms with E-state index in [2.05, 4.69) is 63.4 Å². The van der Waals surface area contributed by atoms with Gasteiger partial charge in [-0.15, -0.1) is 0 Å². The minimum absolute atomic E-state index is 1.06. The van der Waals surface area contributed by atoms with Crippen LogP contribution in [-0.4, -0.2) is 0 Å². The molecule has 118 valence electrons. The van der Waals surface area contributed by atoms with E-state index in [0.717, 1.165) is 22.3 Å². The normalized spacial score (nSPS) is 10.4. The molecule has 0 fully saturated rings. The Morgan fingerprint density at radius 3 is 1.25 bits per heavy atom. The van der Waals surface area contributed by atoms with Crippen LogP contribution < -0.4 is 0 Å². The summed E-state index contributed by atoms with van der Waals surface area (Å²) in [6.07, 6.45) is 0. The van der Waals surface area contributed by atoms with E-state index in [9.17, 15) is 0 Å². The van der Waals surface area contributed by atoms with Crippen molar-refractivity contribution in [1.29, 1.82) is 0 Å². The Morgan fingerprint density at radius 2 is 0.917 bits per heavy atom. The van der Waals surface area contributed by atoms with Crippen LogP contribution in [0.3, 0.4) is 0 Å². The van der Waals surface area contributed by atoms with Gasteiger partial charge >= 0.3 is 0 Å². The lowest BCUT2D eigenvalue weighted by Crippen LogP contribution is -1.97. The molecule has 0 atom stereocenters. The van der Waals surface area contributed by atoms with E-state index in [1.165, 1.54) is 22.3 Å². The Bertz CT molecular complexity index is 807. The van der Waals surface area contributed by atoms with Gasteiger partial charge in [0.1, 0.15) is 0 Å². The quantitative estimate of drug-likeness (QED) is 0.521. The van der Waals surface area contributed by atoms with E-state index >= 15 is 0 Å². The molecule has 3 rings (SSSR count). The molecule has 0 spiro atoms. The second-order valence-electron chi connectivity index (χ2n) is 6.17. The van der Waals surface area contributed by atoms with Crippen LogP contribution >= 0.6 is 0 Å². The fourth-order valence-electron chi connectivity index (χ4n) is 3.06. The summed E-state index contributed by atoms with van der Waals surface area (Å²) in [5.41, 5.74) is 9.29. The summed E-state index contributed by atoms with van der Waals surface area (Å²) in [7, 11) is 0. The molecule has 0 aliphatic carbocycles. The lowest BCUT2D eigenvalue weighted by Gasteiger charge is -2.16. The first-order valence-electron chi connectivity index (χ1n) is 8.18. The third-order valence-corrected chi connectivity index (χ3v) is 4.47. The maximum Gasteiger partial charge on any atom is -0.0152 e. The Balaban J connectivity index is 2.01. The third-order valence-electron chi connectivity index (χ3n) is 4.47. The van der Waals surface area contributed by atoms with Gasteiger partial charge in [0.2, 0.25) is 0 Å². The van der Waals surface area contributed by atoms with E-state index in [-0.39, 0.29) is 0 Å². The van der Waals surface area contributed by atoms with Gasteiger partial charge in [-0.2, -0.15) is 0 Å². The molecule has 0 heteroatoms. The van der Waals surface area contributed by atoms with E-state index in [1.54, 1.807) is 0 Å². The van der Waals surface area contributed by atoms with Crippen molar-refractivity contribution in [3.8, 4) is 0 Å². The molecule has 3 aromatic carbocycles. The van der Waals surface area contributed by atoms with Gasteiger partial charge in [-0.1, -0.05) is 86.0 Å². The smallest absolute Gasteiger partial charge is 0.0152 e. The molecule has 0 nitrogen and oxygen atoms in total. The van der Waals surface area contributed by atoms with Gasteiger partial charge in [0.05, 0.1) is 0 Å². The number of hydrogen-bond donors (Lipinski definition) is 0. The predicted molar refractivity (Wildman–Crippen MR) is 105 cm³/mol. The van der Waals surface area contributed by atoms with Crippen LogP contribution in [0.4, 0.5) is 0 Å². The zero-order valence-electron chi connectivity index (χ0n) is 14.3. The average molecular weight is 310 g/mol. The largest absolute Gasteiger partial charge is 0.0905 e. The highest BCUT2D eigenvalue weighted by atomic mass is 14.2. The van der Waals surface area contributed by atoms with Crippen molar-refractivity contribution in [3.63, 3.8) is 0 Å². The van der Waals surface area contributed by atoms with Crippen LogP contribution in [0.5, 0.6) is 0 Å². The maximum atomic E-state index is 4.31. The summed E-state index contributed by atoms with van der Waals surface area (Å²) in [4.78, 5) is 0. The molecule has 0 aliphatic rings. The second-order valence-corrected chi connectivity index (χ2v) is 6.17. The molecule has 0 amide bonds. The molecule has 3 aromatic rings. The van der Waals surface area contributed by atoms with Crippen LogP contribution in [0.2, 0.25) is 0 Å². The Morgan fingerprint density at radius 1 is 0.583 bits per heavy atom. The molecular weight excluding hydrogens is 288 g/mol. The molecule has 0 aromatic heterocycles. The fourth-order valence-corrected chi connectivity index (χ4v) is 3.06. The molecule has 0 aliphatic heterocycles. The van der Waals surface area contributed by atoms with Crippen molar-refractivity contribution in [2.75, 3.05) is 0 Å². The van der Waals surface area contributed by atoms with Crippen LogP contribution in [0, 0.1) is 13.8 Å². The summed E-state index contributed by atoms with van der Waals surface area (Å²) < 4.78 is 0. The zero-order valence-corrected chi connectivity index (χ0v) is 14.3. The van der Waals surface area contributed by atoms with Crippen LogP contribution in [-0.2, 0) is 0 Å². The van der Waals surface area contributed by atoms with Crippen molar-refractivity contribution in [2.24, 2.45) is 0 Å². The zero-order chi connectivity index (χ0) is 17.1. The number of hydrogen-bond acceptors (Lipinski definition) is 0. The van der Waals surface area contributed by atoms with Gasteiger partial charge in [-0.3, -0.25) is 0 Å². The van der Waals surface area contributed by atoms with E-state index in [4.69, 9.17) is 0 Å². The second kappa shape index (κ2) is 6.72. The summed E-state index contributed by atoms with van der Waals surface area (Å²) in [6, 6.07) is 25.1. The first kappa shape index (κ1) is 16.0. The maximum absolute atomic E-state index is 4.31. The molecule has 0 unspecified atom stereocenters. The van der Waals surface area contributed by atoms with Crippen molar-refractivity contribution < 1.29 is 0 Å². The number of benzene rings is 3. The molecule has 24 heavy (non-hydrogen) atoms. The summed E-state index contributed by atoms with van der Waals surface area (Å²) in [5, 5.41) is 0. The van der Waals surface area contributed by atoms with Crippen molar-refractivity contribution in [3.05, 3.63) is 119 Å². The van der Waals surface area contributed by atoms with E-state index in [1.807, 2.05) is 36.4 Å². The standard InChI is InChI=1S/C24H22/c1-17-15-24(20(4)22-13-9-6-10-14-22)18(2)16-23(17)19(3)21-11-7-5-8-12-21/h5-16H,3-4H2,1-2H3. The third kappa shape index (κ3) is 3.09. The SMILES string of the molecule is C=C(c1ccccc1)c1cc(C)c(C(=C)c2ccccc2)cc1C. The Labute approximate surface area is 144 Å². The summed E-state index contributed by atoms with van der Waals surface area (Å²) >= 11 is 0. The Hall–Kier alpha value is -2.86. The number of rotatable bonds is 4. The summed E-state index contributed by atoms with van der Waals surface area (Å²) in [6.45, 7) is 12.9. The van der Waals surface area contributed by atoms with Crippen molar-refractivity contribution in [2.45, 2.75) is 13.8 Å². The number of aryl methyl sites for hydroxylation is 2. The topological polar surface area (TPSA) is 0 Å². The van der Waals surface area contributed by atoms with Gasteiger partial charge in [0.25, 0.3) is 0 Å². The highest BCUT2D eigenvalue weighted by molar-refractivity contribution is 5.84. The van der Waals surface area contributed by atoms with E-state index in [0.29, 0.717) is 0 Å². The van der Waals surface area contributed by atoms with Gasteiger partial charge in [0, 0.05) is 0 Å². The molecule has 0 saturated carbocycles. The lowest BCUT2D eigenvalue weighted by molar-refractivity contribution is 1.33. The van der Waals surface area contributed by atoms with Crippen molar-refractivity contribution in [1.82, 2.24) is 0 Å². The van der Waals surface area contributed by atoms with Crippen LogP contribution in [0.1, 0.15) is 33.4 Å². The van der Waals surface area contributed by atoms with E-state index < -0.39 is 0 Å². The van der Waals surface area contributed by atoms with Gasteiger partial charge < -0.3 is 0 Å². The highest BCUT2D eigenvalue weighted by Gasteiger charge is 2.11. The van der Waals surface area contributed by atoms with Gasteiger partial charge in [-0.25, -0.2) is 0 Å². The molecule has 0 bridgehead atoms. The molecular formula is C24H22. The van der Waals surface area contributed by atoms with Gasteiger partial charge in [-0.05, 0) is 58.4 Å². The van der Waals surface area contributed by atoms with Crippen LogP contribution in [0.15, 0.2) is 86.0 Å². The minimum atomic E-state index is 1.06. The van der Waals surface area contributed by atoms with Crippen LogP contribution in [0.25, 0.3) is 11.1 Å². The molecule has 0 heterocycles. The minimum Gasteiger partial charge on any atom is -0.0905 e. The summed E-state index contributed by atoms with van der Waals surface area (Å²) in [5.74, 6) is 0. The average Bonchev–Trinajstić information content (AvgIpc) is 2.63. The molecule has 0 saturated heterocycles. The molecule has 0 N–H and O–H groups in total. The molecule has 0 radical (unpaired) electrons. The monoisotopic (exact) mass is 310 g/mol. The van der Waals surface area contributed by atoms with Gasteiger partial charge in [0.15, 0.2) is 0 Å². The highest BCUT2D eigenvalue weighted by Crippen LogP contribution is 2.31.